The molecule has 0 aromatic heterocycles. The summed E-state index contributed by atoms with van der Waals surface area (Å²) in [5.41, 5.74) is 6.98. The first-order valence-electron chi connectivity index (χ1n) is 7.14. The number of fused-ring (bicyclic) bond motifs is 1. The molecule has 0 saturated heterocycles. The van der Waals surface area contributed by atoms with Gasteiger partial charge in [-0.2, -0.15) is 0 Å². The minimum atomic E-state index is 0.0900. The van der Waals surface area contributed by atoms with Crippen LogP contribution in [0.15, 0.2) is 18.2 Å². The zero-order chi connectivity index (χ0) is 14.2. The van der Waals surface area contributed by atoms with Gasteiger partial charge in [-0.25, -0.2) is 0 Å². The second-order valence-corrected chi connectivity index (χ2v) is 6.12. The van der Waals surface area contributed by atoms with Crippen molar-refractivity contribution in [2.75, 3.05) is 18.5 Å². The van der Waals surface area contributed by atoms with Gasteiger partial charge in [0.25, 0.3) is 0 Å². The molecule has 1 aliphatic heterocycles. The Labute approximate surface area is 117 Å². The number of anilines is 1. The molecule has 2 rings (SSSR count). The van der Waals surface area contributed by atoms with Crippen molar-refractivity contribution in [3.8, 4) is 0 Å². The summed E-state index contributed by atoms with van der Waals surface area (Å²) in [6.45, 7) is 13.1. The van der Waals surface area contributed by atoms with Crippen molar-refractivity contribution in [1.29, 1.82) is 0 Å². The summed E-state index contributed by atoms with van der Waals surface area (Å²) in [4.78, 5) is 2.37. The van der Waals surface area contributed by atoms with Gasteiger partial charge in [-0.15, -0.1) is 0 Å². The molecule has 2 heteroatoms. The van der Waals surface area contributed by atoms with Crippen LogP contribution in [0.2, 0.25) is 0 Å². The van der Waals surface area contributed by atoms with Crippen molar-refractivity contribution in [2.45, 2.75) is 46.7 Å². The van der Waals surface area contributed by atoms with E-state index in [0.29, 0.717) is 0 Å². The van der Waals surface area contributed by atoms with Crippen LogP contribution >= 0.6 is 0 Å². The molecular formula is C17H26N2. The third kappa shape index (κ3) is 2.55. The van der Waals surface area contributed by atoms with E-state index in [1.54, 1.807) is 0 Å². The number of hydrogen-bond acceptors (Lipinski definition) is 2. The first-order chi connectivity index (χ1) is 8.86. The van der Waals surface area contributed by atoms with Crippen LogP contribution < -0.4 is 10.2 Å². The summed E-state index contributed by atoms with van der Waals surface area (Å²) in [6, 6.07) is 4.69. The van der Waals surface area contributed by atoms with Crippen molar-refractivity contribution in [3.63, 3.8) is 0 Å². The lowest BCUT2D eigenvalue weighted by atomic mass is 9.87. The van der Waals surface area contributed by atoms with E-state index in [9.17, 15) is 0 Å². The third-order valence-electron chi connectivity index (χ3n) is 4.24. The van der Waals surface area contributed by atoms with Gasteiger partial charge in [0.2, 0.25) is 0 Å². The number of likely N-dealkylation sites (N-methyl/N-ethyl adjacent to an activating group) is 1. The fourth-order valence-electron chi connectivity index (χ4n) is 2.80. The van der Waals surface area contributed by atoms with Crippen LogP contribution in [-0.4, -0.2) is 19.1 Å². The molecule has 0 spiro atoms. The molecular weight excluding hydrogens is 232 g/mol. The Morgan fingerprint density at radius 1 is 1.21 bits per heavy atom. The molecule has 104 valence electrons. The predicted octanol–water partition coefficient (Wildman–Crippen LogP) is 3.74. The summed E-state index contributed by atoms with van der Waals surface area (Å²) >= 11 is 0. The Kier molecular flexibility index (Phi) is 3.73. The summed E-state index contributed by atoms with van der Waals surface area (Å²) in [6.07, 6.45) is 2.36. The van der Waals surface area contributed by atoms with Crippen LogP contribution in [-0.2, 0) is 6.54 Å². The summed E-state index contributed by atoms with van der Waals surface area (Å²) in [7, 11) is 2.19. The normalized spacial score (nSPS) is 17.2. The molecule has 2 nitrogen and oxygen atoms in total. The van der Waals surface area contributed by atoms with Gasteiger partial charge < -0.3 is 10.2 Å². The maximum Gasteiger partial charge on any atom is 0.0531 e. The Hall–Kier alpha value is -1.28. The highest BCUT2D eigenvalue weighted by Gasteiger charge is 2.28. The summed E-state index contributed by atoms with van der Waals surface area (Å²) in [5.74, 6) is 0. The van der Waals surface area contributed by atoms with Crippen molar-refractivity contribution in [1.82, 2.24) is 5.32 Å². The lowest BCUT2D eigenvalue weighted by Gasteiger charge is -2.41. The van der Waals surface area contributed by atoms with Gasteiger partial charge in [0.15, 0.2) is 0 Å². The molecule has 1 heterocycles. The van der Waals surface area contributed by atoms with E-state index in [1.165, 1.54) is 28.0 Å². The maximum absolute atomic E-state index is 3.42. The van der Waals surface area contributed by atoms with Gasteiger partial charge in [-0.05, 0) is 63.1 Å². The van der Waals surface area contributed by atoms with Gasteiger partial charge >= 0.3 is 0 Å². The van der Waals surface area contributed by atoms with Crippen molar-refractivity contribution in [2.24, 2.45) is 0 Å². The molecule has 1 aromatic rings. The number of aryl methyl sites for hydroxylation is 1. The van der Waals surface area contributed by atoms with Gasteiger partial charge in [-0.3, -0.25) is 0 Å². The summed E-state index contributed by atoms with van der Waals surface area (Å²) in [5, 5.41) is 3.42. The molecule has 0 saturated carbocycles. The molecule has 0 fully saturated rings. The molecule has 0 amide bonds. The average Bonchev–Trinajstić information content (AvgIpc) is 2.34. The summed E-state index contributed by atoms with van der Waals surface area (Å²) < 4.78 is 0. The second-order valence-electron chi connectivity index (χ2n) is 6.12. The van der Waals surface area contributed by atoms with Crippen molar-refractivity contribution < 1.29 is 0 Å². The Morgan fingerprint density at radius 2 is 1.89 bits per heavy atom. The van der Waals surface area contributed by atoms with E-state index in [2.05, 4.69) is 70.1 Å². The quantitative estimate of drug-likeness (QED) is 0.888. The largest absolute Gasteiger partial charge is 0.365 e. The van der Waals surface area contributed by atoms with Gasteiger partial charge in [-0.1, -0.05) is 13.0 Å². The molecule has 0 aliphatic carbocycles. The van der Waals surface area contributed by atoms with E-state index in [1.807, 2.05) is 0 Å². The number of benzene rings is 1. The van der Waals surface area contributed by atoms with Crippen LogP contribution in [0.3, 0.4) is 0 Å². The fraction of sp³-hybridized carbons (Fsp3) is 0.529. The first kappa shape index (κ1) is 14.1. The molecule has 0 radical (unpaired) electrons. The highest BCUT2D eigenvalue weighted by atomic mass is 15.2. The molecule has 1 N–H and O–H groups in total. The molecule has 0 bridgehead atoms. The minimum absolute atomic E-state index is 0.0900. The van der Waals surface area contributed by atoms with E-state index in [0.717, 1.165) is 13.1 Å². The molecule has 1 aromatic carbocycles. The van der Waals surface area contributed by atoms with Crippen molar-refractivity contribution >= 4 is 11.3 Å². The predicted molar refractivity (Wildman–Crippen MR) is 84.7 cm³/mol. The number of allylic oxidation sites excluding steroid dienone is 1. The van der Waals surface area contributed by atoms with Crippen LogP contribution in [0.1, 0.15) is 44.4 Å². The molecule has 19 heavy (non-hydrogen) atoms. The number of rotatable bonds is 3. The van der Waals surface area contributed by atoms with Crippen molar-refractivity contribution in [3.05, 3.63) is 34.9 Å². The lowest BCUT2D eigenvalue weighted by molar-refractivity contribution is 0.597. The number of hydrogen-bond donors (Lipinski definition) is 1. The Bertz CT molecular complexity index is 512. The topological polar surface area (TPSA) is 15.3 Å². The SMILES string of the molecule is CCNCc1cc2c(cc1C)N(C)C(C)(C)C=C2C. The fourth-order valence-corrected chi connectivity index (χ4v) is 2.80. The minimum Gasteiger partial charge on any atom is -0.365 e. The molecule has 0 unspecified atom stereocenters. The van der Waals surface area contributed by atoms with Gasteiger partial charge in [0, 0.05) is 24.8 Å². The van der Waals surface area contributed by atoms with E-state index < -0.39 is 0 Å². The van der Waals surface area contributed by atoms with E-state index in [-0.39, 0.29) is 5.54 Å². The lowest BCUT2D eigenvalue weighted by Crippen LogP contribution is -2.42. The Morgan fingerprint density at radius 3 is 2.53 bits per heavy atom. The second kappa shape index (κ2) is 5.01. The third-order valence-corrected chi connectivity index (χ3v) is 4.24. The zero-order valence-corrected chi connectivity index (χ0v) is 13.1. The van der Waals surface area contributed by atoms with Crippen LogP contribution in [0.4, 0.5) is 5.69 Å². The monoisotopic (exact) mass is 258 g/mol. The smallest absolute Gasteiger partial charge is 0.0531 e. The first-order valence-corrected chi connectivity index (χ1v) is 7.14. The van der Waals surface area contributed by atoms with Crippen LogP contribution in [0, 0.1) is 6.92 Å². The number of nitrogens with one attached hydrogen (secondary N) is 1. The van der Waals surface area contributed by atoms with E-state index in [4.69, 9.17) is 0 Å². The highest BCUT2D eigenvalue weighted by molar-refractivity contribution is 5.81. The average molecular weight is 258 g/mol. The van der Waals surface area contributed by atoms with Gasteiger partial charge in [0.1, 0.15) is 0 Å². The highest BCUT2D eigenvalue weighted by Crippen LogP contribution is 2.39. The Balaban J connectivity index is 2.49. The zero-order valence-electron chi connectivity index (χ0n) is 13.1. The number of nitrogens with zero attached hydrogens (tertiary/aromatic N) is 1. The van der Waals surface area contributed by atoms with Crippen LogP contribution in [0.5, 0.6) is 0 Å². The standard InChI is InChI=1S/C17H26N2/c1-7-18-11-14-9-15-13(3)10-17(4,5)19(6)16(15)8-12(14)2/h8-10,18H,7,11H2,1-6H3. The molecule has 0 atom stereocenters. The maximum atomic E-state index is 3.42. The van der Waals surface area contributed by atoms with Gasteiger partial charge in [0.05, 0.1) is 5.54 Å². The van der Waals surface area contributed by atoms with Crippen LogP contribution in [0.25, 0.3) is 5.57 Å². The molecule has 1 aliphatic rings. The van der Waals surface area contributed by atoms with E-state index >= 15 is 0 Å².